The number of methoxy groups -OCH3 is 2. The fourth-order valence-electron chi connectivity index (χ4n) is 2.02. The number of guanidine groups is 1. The molecule has 0 saturated carbocycles. The molecule has 0 aliphatic heterocycles. The van der Waals surface area contributed by atoms with Crippen LogP contribution in [0.1, 0.15) is 25.8 Å². The Labute approximate surface area is 150 Å². The molecule has 0 saturated heterocycles. The molecule has 126 valence electrons. The minimum absolute atomic E-state index is 0. The van der Waals surface area contributed by atoms with Gasteiger partial charge < -0.3 is 20.1 Å². The third-order valence-corrected chi connectivity index (χ3v) is 3.03. The van der Waals surface area contributed by atoms with E-state index in [1.165, 1.54) is 5.56 Å². The molecule has 1 aromatic rings. The molecule has 0 spiro atoms. The summed E-state index contributed by atoms with van der Waals surface area (Å²) >= 11 is 0. The minimum Gasteiger partial charge on any atom is -0.493 e. The van der Waals surface area contributed by atoms with Gasteiger partial charge in [-0.05, 0) is 44.4 Å². The smallest absolute Gasteiger partial charge is 0.191 e. The zero-order valence-corrected chi connectivity index (χ0v) is 16.3. The van der Waals surface area contributed by atoms with Gasteiger partial charge in [0.2, 0.25) is 0 Å². The van der Waals surface area contributed by atoms with Gasteiger partial charge in [-0.2, -0.15) is 0 Å². The van der Waals surface area contributed by atoms with E-state index >= 15 is 0 Å². The zero-order chi connectivity index (χ0) is 15.5. The summed E-state index contributed by atoms with van der Waals surface area (Å²) in [6, 6.07) is 6.04. The highest BCUT2D eigenvalue weighted by Crippen LogP contribution is 2.27. The van der Waals surface area contributed by atoms with E-state index in [4.69, 9.17) is 9.47 Å². The zero-order valence-electron chi connectivity index (χ0n) is 13.9. The first-order valence-electron chi connectivity index (χ1n) is 7.48. The van der Waals surface area contributed by atoms with Gasteiger partial charge in [0.1, 0.15) is 0 Å². The van der Waals surface area contributed by atoms with E-state index in [1.807, 2.05) is 12.1 Å². The van der Waals surface area contributed by atoms with Crippen LogP contribution in [0.5, 0.6) is 11.5 Å². The molecule has 0 radical (unpaired) electrons. The number of rotatable bonds is 8. The maximum atomic E-state index is 5.31. The fourth-order valence-corrected chi connectivity index (χ4v) is 2.02. The number of benzene rings is 1. The summed E-state index contributed by atoms with van der Waals surface area (Å²) in [5.41, 5.74) is 1.23. The van der Waals surface area contributed by atoms with Crippen molar-refractivity contribution in [2.24, 2.45) is 4.99 Å². The number of halogens is 1. The van der Waals surface area contributed by atoms with Crippen molar-refractivity contribution in [1.29, 1.82) is 0 Å². The van der Waals surface area contributed by atoms with Crippen molar-refractivity contribution < 1.29 is 9.47 Å². The second kappa shape index (κ2) is 12.4. The SMILES string of the molecule is CCNC(=NCCCc1ccc(OC)c(OC)c1)NCC.I. The van der Waals surface area contributed by atoms with Gasteiger partial charge in [-0.15, -0.1) is 24.0 Å². The lowest BCUT2D eigenvalue weighted by molar-refractivity contribution is 0.354. The van der Waals surface area contributed by atoms with Gasteiger partial charge in [0, 0.05) is 19.6 Å². The van der Waals surface area contributed by atoms with Gasteiger partial charge in [0.05, 0.1) is 14.2 Å². The van der Waals surface area contributed by atoms with Crippen LogP contribution in [-0.4, -0.2) is 39.8 Å². The van der Waals surface area contributed by atoms with Gasteiger partial charge in [-0.1, -0.05) is 6.07 Å². The summed E-state index contributed by atoms with van der Waals surface area (Å²) in [6.07, 6.45) is 1.96. The molecular weight excluding hydrogens is 393 g/mol. The average Bonchev–Trinajstić information content (AvgIpc) is 2.51. The molecule has 1 aromatic carbocycles. The quantitative estimate of drug-likeness (QED) is 0.294. The Morgan fingerprint density at radius 2 is 1.68 bits per heavy atom. The van der Waals surface area contributed by atoms with Crippen LogP contribution in [0.4, 0.5) is 0 Å². The van der Waals surface area contributed by atoms with Crippen LogP contribution in [0, 0.1) is 0 Å². The highest BCUT2D eigenvalue weighted by Gasteiger charge is 2.04. The standard InChI is InChI=1S/C16H27N3O2.HI/c1-5-17-16(18-6-2)19-11-7-8-13-9-10-14(20-3)15(12-13)21-4;/h9-10,12H,5-8,11H2,1-4H3,(H2,17,18,19);1H. The number of aryl methyl sites for hydroxylation is 1. The van der Waals surface area contributed by atoms with Gasteiger partial charge in [0.25, 0.3) is 0 Å². The van der Waals surface area contributed by atoms with E-state index in [0.717, 1.165) is 49.9 Å². The Balaban J connectivity index is 0.00000441. The van der Waals surface area contributed by atoms with E-state index < -0.39 is 0 Å². The molecule has 0 aliphatic carbocycles. The number of ether oxygens (including phenoxy) is 2. The molecule has 6 heteroatoms. The maximum absolute atomic E-state index is 5.31. The van der Waals surface area contributed by atoms with Crippen LogP contribution >= 0.6 is 24.0 Å². The lowest BCUT2D eigenvalue weighted by Crippen LogP contribution is -2.37. The van der Waals surface area contributed by atoms with E-state index in [2.05, 4.69) is 35.5 Å². The molecule has 0 fully saturated rings. The number of aliphatic imine (C=N–C) groups is 1. The maximum Gasteiger partial charge on any atom is 0.191 e. The van der Waals surface area contributed by atoms with Crippen molar-refractivity contribution in [3.8, 4) is 11.5 Å². The Hall–Kier alpha value is -1.18. The summed E-state index contributed by atoms with van der Waals surface area (Å²) in [5.74, 6) is 2.42. The molecule has 2 N–H and O–H groups in total. The van der Waals surface area contributed by atoms with E-state index in [9.17, 15) is 0 Å². The van der Waals surface area contributed by atoms with Crippen molar-refractivity contribution >= 4 is 29.9 Å². The van der Waals surface area contributed by atoms with E-state index in [1.54, 1.807) is 14.2 Å². The predicted octanol–water partition coefficient (Wildman–Crippen LogP) is 2.83. The summed E-state index contributed by atoms with van der Waals surface area (Å²) in [5, 5.41) is 6.44. The lowest BCUT2D eigenvalue weighted by Gasteiger charge is -2.10. The molecule has 0 aliphatic rings. The van der Waals surface area contributed by atoms with Crippen molar-refractivity contribution in [2.45, 2.75) is 26.7 Å². The monoisotopic (exact) mass is 421 g/mol. The Kier molecular flexibility index (Phi) is 11.7. The van der Waals surface area contributed by atoms with Crippen molar-refractivity contribution in [2.75, 3.05) is 33.9 Å². The molecule has 0 aromatic heterocycles. The van der Waals surface area contributed by atoms with Gasteiger partial charge >= 0.3 is 0 Å². The summed E-state index contributed by atoms with van der Waals surface area (Å²) in [4.78, 5) is 4.53. The van der Waals surface area contributed by atoms with E-state index in [-0.39, 0.29) is 24.0 Å². The van der Waals surface area contributed by atoms with Crippen LogP contribution in [-0.2, 0) is 6.42 Å². The van der Waals surface area contributed by atoms with Gasteiger partial charge in [-0.3, -0.25) is 4.99 Å². The number of nitrogens with one attached hydrogen (secondary N) is 2. The molecule has 1 rings (SSSR count). The Morgan fingerprint density at radius 3 is 2.23 bits per heavy atom. The van der Waals surface area contributed by atoms with Crippen LogP contribution in [0.15, 0.2) is 23.2 Å². The lowest BCUT2D eigenvalue weighted by atomic mass is 10.1. The largest absolute Gasteiger partial charge is 0.493 e. The normalized spacial score (nSPS) is 9.45. The predicted molar refractivity (Wildman–Crippen MR) is 103 cm³/mol. The second-order valence-corrected chi connectivity index (χ2v) is 4.58. The summed E-state index contributed by atoms with van der Waals surface area (Å²) in [6.45, 7) is 6.68. The van der Waals surface area contributed by atoms with Gasteiger partial charge in [-0.25, -0.2) is 0 Å². The minimum atomic E-state index is 0. The molecule has 5 nitrogen and oxygen atoms in total. The van der Waals surface area contributed by atoms with Crippen molar-refractivity contribution in [3.05, 3.63) is 23.8 Å². The number of nitrogens with zero attached hydrogens (tertiary/aromatic N) is 1. The summed E-state index contributed by atoms with van der Waals surface area (Å²) in [7, 11) is 3.31. The number of hydrogen-bond donors (Lipinski definition) is 2. The second-order valence-electron chi connectivity index (χ2n) is 4.58. The van der Waals surface area contributed by atoms with Crippen LogP contribution < -0.4 is 20.1 Å². The van der Waals surface area contributed by atoms with Crippen molar-refractivity contribution in [3.63, 3.8) is 0 Å². The van der Waals surface area contributed by atoms with Crippen LogP contribution in [0.25, 0.3) is 0 Å². The third kappa shape index (κ3) is 7.20. The first kappa shape index (κ1) is 20.8. The molecule has 0 atom stereocenters. The van der Waals surface area contributed by atoms with Gasteiger partial charge in [0.15, 0.2) is 17.5 Å². The molecule has 0 heterocycles. The first-order valence-corrected chi connectivity index (χ1v) is 7.48. The topological polar surface area (TPSA) is 54.9 Å². The molecule has 0 unspecified atom stereocenters. The molecule has 0 amide bonds. The average molecular weight is 421 g/mol. The molecule has 0 bridgehead atoms. The summed E-state index contributed by atoms with van der Waals surface area (Å²) < 4.78 is 10.6. The highest BCUT2D eigenvalue weighted by atomic mass is 127. The van der Waals surface area contributed by atoms with Crippen LogP contribution in [0.2, 0.25) is 0 Å². The first-order chi connectivity index (χ1) is 10.2. The Morgan fingerprint density at radius 1 is 1.05 bits per heavy atom. The molecular formula is C16H28IN3O2. The highest BCUT2D eigenvalue weighted by molar-refractivity contribution is 14.0. The number of hydrogen-bond acceptors (Lipinski definition) is 3. The van der Waals surface area contributed by atoms with Crippen molar-refractivity contribution in [1.82, 2.24) is 10.6 Å². The fraction of sp³-hybridized carbons (Fsp3) is 0.562. The van der Waals surface area contributed by atoms with E-state index in [0.29, 0.717) is 0 Å². The molecule has 22 heavy (non-hydrogen) atoms. The Bertz CT molecular complexity index is 445. The third-order valence-electron chi connectivity index (χ3n) is 3.03. The van der Waals surface area contributed by atoms with Crippen LogP contribution in [0.3, 0.4) is 0 Å².